The normalized spacial score (nSPS) is 12.7. The largest absolute Gasteiger partial charge is 0.390 e. The van der Waals surface area contributed by atoms with Crippen molar-refractivity contribution in [2.24, 2.45) is 0 Å². The molecule has 1 atom stereocenters. The molecule has 0 amide bonds. The van der Waals surface area contributed by atoms with Crippen LogP contribution in [0.25, 0.3) is 0 Å². The Labute approximate surface area is 100 Å². The van der Waals surface area contributed by atoms with E-state index in [9.17, 15) is 14.7 Å². The molecule has 0 aliphatic carbocycles. The van der Waals surface area contributed by atoms with Crippen LogP contribution in [0.15, 0.2) is 20.3 Å². The number of hydrogen-bond acceptors (Lipinski definition) is 4. The van der Waals surface area contributed by atoms with E-state index < -0.39 is 17.4 Å². The molecule has 7 heteroatoms. The van der Waals surface area contributed by atoms with Gasteiger partial charge in [0.15, 0.2) is 0 Å². The number of nitrogens with one attached hydrogen (secondary N) is 2. The summed E-state index contributed by atoms with van der Waals surface area (Å²) in [5, 5.41) is 12.6. The summed E-state index contributed by atoms with van der Waals surface area (Å²) in [6, 6.07) is 0. The number of H-pyrrole nitrogens is 1. The van der Waals surface area contributed by atoms with Crippen LogP contribution in [-0.4, -0.2) is 33.9 Å². The molecule has 1 rings (SSSR count). The lowest BCUT2D eigenvalue weighted by molar-refractivity contribution is 0.150. The third-order valence-corrected chi connectivity index (χ3v) is 2.57. The van der Waals surface area contributed by atoms with E-state index in [1.807, 2.05) is 6.92 Å². The summed E-state index contributed by atoms with van der Waals surface area (Å²) < 4.78 is 1.52. The molecule has 0 aliphatic rings. The summed E-state index contributed by atoms with van der Waals surface area (Å²) >= 11 is 3.02. The monoisotopic (exact) mass is 291 g/mol. The first-order valence-corrected chi connectivity index (χ1v) is 5.72. The number of halogens is 1. The minimum atomic E-state index is -0.671. The van der Waals surface area contributed by atoms with E-state index in [1.165, 1.54) is 10.8 Å². The van der Waals surface area contributed by atoms with Gasteiger partial charge in [-0.3, -0.25) is 14.3 Å². The van der Waals surface area contributed by atoms with Gasteiger partial charge in [0.2, 0.25) is 0 Å². The van der Waals surface area contributed by atoms with Crippen molar-refractivity contribution in [3.8, 4) is 0 Å². The predicted molar refractivity (Wildman–Crippen MR) is 63.6 cm³/mol. The molecule has 1 aromatic rings. The van der Waals surface area contributed by atoms with E-state index in [1.54, 1.807) is 0 Å². The lowest BCUT2D eigenvalue weighted by Gasteiger charge is -2.12. The Bertz CT molecular complexity index is 454. The molecule has 1 aromatic heterocycles. The molecule has 0 saturated heterocycles. The first kappa shape index (κ1) is 13.1. The van der Waals surface area contributed by atoms with Crippen molar-refractivity contribution >= 4 is 15.9 Å². The minimum absolute atomic E-state index is 0.140. The molecule has 0 radical (unpaired) electrons. The number of aromatic nitrogens is 2. The van der Waals surface area contributed by atoms with Crippen molar-refractivity contribution in [3.63, 3.8) is 0 Å². The van der Waals surface area contributed by atoms with Crippen molar-refractivity contribution in [2.45, 2.75) is 19.6 Å². The van der Waals surface area contributed by atoms with Gasteiger partial charge in [-0.05, 0) is 22.5 Å². The Morgan fingerprint density at radius 3 is 2.94 bits per heavy atom. The van der Waals surface area contributed by atoms with Crippen LogP contribution < -0.4 is 16.6 Å². The summed E-state index contributed by atoms with van der Waals surface area (Å²) in [6.07, 6.45) is 0.700. The molecule has 0 spiro atoms. The summed E-state index contributed by atoms with van der Waals surface area (Å²) in [6.45, 7) is 3.22. The number of hydrogen-bond donors (Lipinski definition) is 3. The average Bonchev–Trinajstić information content (AvgIpc) is 2.23. The van der Waals surface area contributed by atoms with Crippen LogP contribution in [-0.2, 0) is 6.54 Å². The lowest BCUT2D eigenvalue weighted by atomic mass is 10.3. The SMILES string of the molecule is CCNCC(O)Cn1cc(Br)c(=O)[nH]c1=O. The number of rotatable bonds is 5. The second kappa shape index (κ2) is 5.97. The fraction of sp³-hybridized carbons (Fsp3) is 0.556. The van der Waals surface area contributed by atoms with Crippen molar-refractivity contribution in [1.29, 1.82) is 0 Å². The molecule has 0 saturated carbocycles. The summed E-state index contributed by atoms with van der Waals surface area (Å²) in [5.41, 5.74) is -0.994. The average molecular weight is 292 g/mol. The second-order valence-corrected chi connectivity index (χ2v) is 4.20. The van der Waals surface area contributed by atoms with Crippen molar-refractivity contribution in [2.75, 3.05) is 13.1 Å². The zero-order chi connectivity index (χ0) is 12.1. The van der Waals surface area contributed by atoms with E-state index in [2.05, 4.69) is 26.2 Å². The van der Waals surface area contributed by atoms with Gasteiger partial charge < -0.3 is 10.4 Å². The predicted octanol–water partition coefficient (Wildman–Crippen LogP) is -0.731. The molecule has 3 N–H and O–H groups in total. The minimum Gasteiger partial charge on any atom is -0.390 e. The van der Waals surface area contributed by atoms with Crippen LogP contribution in [0, 0.1) is 0 Å². The Kier molecular flexibility index (Phi) is 4.91. The molecular weight excluding hydrogens is 278 g/mol. The first-order chi connectivity index (χ1) is 7.54. The number of aliphatic hydroxyl groups excluding tert-OH is 1. The van der Waals surface area contributed by atoms with Gasteiger partial charge in [0, 0.05) is 12.7 Å². The van der Waals surface area contributed by atoms with Gasteiger partial charge in [-0.1, -0.05) is 6.92 Å². The molecule has 6 nitrogen and oxygen atoms in total. The molecule has 90 valence electrons. The van der Waals surface area contributed by atoms with Gasteiger partial charge in [-0.25, -0.2) is 4.79 Å². The fourth-order valence-electron chi connectivity index (χ4n) is 1.22. The van der Waals surface area contributed by atoms with E-state index in [0.717, 1.165) is 6.54 Å². The maximum absolute atomic E-state index is 11.4. The standard InChI is InChI=1S/C9H14BrN3O3/c1-2-11-3-6(14)4-13-5-7(10)8(15)12-9(13)16/h5-6,11,14H,2-4H2,1H3,(H,12,15,16). The molecular formula is C9H14BrN3O3. The number of nitrogens with zero attached hydrogens (tertiary/aromatic N) is 1. The molecule has 16 heavy (non-hydrogen) atoms. The van der Waals surface area contributed by atoms with Crippen molar-refractivity contribution < 1.29 is 5.11 Å². The highest BCUT2D eigenvalue weighted by molar-refractivity contribution is 9.10. The topological polar surface area (TPSA) is 87.1 Å². The van der Waals surface area contributed by atoms with Gasteiger partial charge in [0.1, 0.15) is 0 Å². The third kappa shape index (κ3) is 3.58. The highest BCUT2D eigenvalue weighted by Gasteiger charge is 2.07. The number of aliphatic hydroxyl groups is 1. The molecule has 0 fully saturated rings. The van der Waals surface area contributed by atoms with Crippen LogP contribution in [0.1, 0.15) is 6.92 Å². The van der Waals surface area contributed by atoms with E-state index in [4.69, 9.17) is 0 Å². The zero-order valence-electron chi connectivity index (χ0n) is 8.86. The smallest absolute Gasteiger partial charge is 0.328 e. The van der Waals surface area contributed by atoms with Crippen LogP contribution in [0.3, 0.4) is 0 Å². The molecule has 1 heterocycles. The highest BCUT2D eigenvalue weighted by Crippen LogP contribution is 1.98. The van der Waals surface area contributed by atoms with Crippen LogP contribution in [0.5, 0.6) is 0 Å². The lowest BCUT2D eigenvalue weighted by Crippen LogP contribution is -2.36. The Morgan fingerprint density at radius 1 is 1.62 bits per heavy atom. The van der Waals surface area contributed by atoms with Gasteiger partial charge in [0.05, 0.1) is 17.1 Å². The van der Waals surface area contributed by atoms with E-state index in [0.29, 0.717) is 6.54 Å². The van der Waals surface area contributed by atoms with Gasteiger partial charge >= 0.3 is 5.69 Å². The van der Waals surface area contributed by atoms with E-state index >= 15 is 0 Å². The van der Waals surface area contributed by atoms with Gasteiger partial charge in [-0.15, -0.1) is 0 Å². The summed E-state index contributed by atoms with van der Waals surface area (Å²) in [7, 11) is 0. The quantitative estimate of drug-likeness (QED) is 0.668. The Hall–Kier alpha value is -0.920. The van der Waals surface area contributed by atoms with Crippen LogP contribution in [0.4, 0.5) is 0 Å². The summed E-state index contributed by atoms with van der Waals surface area (Å²) in [4.78, 5) is 24.6. The van der Waals surface area contributed by atoms with Crippen LogP contribution in [0.2, 0.25) is 0 Å². The Morgan fingerprint density at radius 2 is 2.31 bits per heavy atom. The van der Waals surface area contributed by atoms with Gasteiger partial charge in [-0.2, -0.15) is 0 Å². The second-order valence-electron chi connectivity index (χ2n) is 3.35. The molecule has 0 aromatic carbocycles. The van der Waals surface area contributed by atoms with E-state index in [-0.39, 0.29) is 11.0 Å². The van der Waals surface area contributed by atoms with Crippen molar-refractivity contribution in [3.05, 3.63) is 31.5 Å². The molecule has 1 unspecified atom stereocenters. The Balaban J connectivity index is 2.78. The maximum Gasteiger partial charge on any atom is 0.328 e. The molecule has 0 aliphatic heterocycles. The number of likely N-dealkylation sites (N-methyl/N-ethyl adjacent to an activating group) is 1. The third-order valence-electron chi connectivity index (χ3n) is 2.00. The maximum atomic E-state index is 11.4. The first-order valence-electron chi connectivity index (χ1n) is 4.92. The zero-order valence-corrected chi connectivity index (χ0v) is 10.5. The van der Waals surface area contributed by atoms with Gasteiger partial charge in [0.25, 0.3) is 5.56 Å². The van der Waals surface area contributed by atoms with Crippen molar-refractivity contribution in [1.82, 2.24) is 14.9 Å². The number of aromatic amines is 1. The molecule has 0 bridgehead atoms. The highest BCUT2D eigenvalue weighted by atomic mass is 79.9. The fourth-order valence-corrected chi connectivity index (χ4v) is 1.57. The summed E-state index contributed by atoms with van der Waals surface area (Å²) in [5.74, 6) is 0. The van der Waals surface area contributed by atoms with Crippen LogP contribution >= 0.6 is 15.9 Å².